The predicted molar refractivity (Wildman–Crippen MR) is 122 cm³/mol. The summed E-state index contributed by atoms with van der Waals surface area (Å²) in [4.78, 5) is 34.2. The number of carbonyl (C=O) groups excluding carboxylic acids is 1. The Kier molecular flexibility index (Phi) is 6.81. The monoisotopic (exact) mass is 432 g/mol. The second-order valence-corrected chi connectivity index (χ2v) is 8.44. The lowest BCUT2D eigenvalue weighted by molar-refractivity contribution is -0.123. The quantitative estimate of drug-likeness (QED) is 0.560. The highest BCUT2D eigenvalue weighted by Crippen LogP contribution is 2.31. The Morgan fingerprint density at radius 3 is 2.62 bits per heavy atom. The van der Waals surface area contributed by atoms with Gasteiger partial charge in [-0.15, -0.1) is 0 Å². The third-order valence-electron chi connectivity index (χ3n) is 6.29. The van der Waals surface area contributed by atoms with E-state index in [2.05, 4.69) is 21.8 Å². The molecule has 0 bridgehead atoms. The van der Waals surface area contributed by atoms with Gasteiger partial charge in [0.25, 0.3) is 0 Å². The number of aromatic nitrogens is 4. The molecular formula is C25H28N4O3. The smallest absolute Gasteiger partial charge is 0.330 e. The van der Waals surface area contributed by atoms with Gasteiger partial charge in [0, 0.05) is 45.4 Å². The van der Waals surface area contributed by atoms with Crippen LogP contribution in [-0.4, -0.2) is 38.6 Å². The molecule has 7 nitrogen and oxygen atoms in total. The van der Waals surface area contributed by atoms with Crippen LogP contribution in [-0.2, 0) is 29.5 Å². The molecule has 3 heterocycles. The van der Waals surface area contributed by atoms with Crippen LogP contribution in [0.1, 0.15) is 36.9 Å². The predicted octanol–water partition coefficient (Wildman–Crippen LogP) is 2.75. The van der Waals surface area contributed by atoms with Crippen LogP contribution in [0.15, 0.2) is 41.5 Å². The first-order valence-electron chi connectivity index (χ1n) is 11.0. The minimum absolute atomic E-state index is 0.0645. The molecule has 0 unspecified atom stereocenters. The number of aryl methyl sites for hydroxylation is 1. The Morgan fingerprint density at radius 1 is 1.16 bits per heavy atom. The molecule has 1 aliphatic carbocycles. The van der Waals surface area contributed by atoms with Crippen molar-refractivity contribution >= 4 is 16.9 Å². The molecule has 0 aromatic carbocycles. The fraction of sp³-hybridized carbons (Fsp3) is 0.440. The molecule has 4 rings (SSSR count). The van der Waals surface area contributed by atoms with Crippen LogP contribution in [0.5, 0.6) is 0 Å². The van der Waals surface area contributed by atoms with E-state index in [0.29, 0.717) is 42.6 Å². The van der Waals surface area contributed by atoms with Crippen molar-refractivity contribution in [1.82, 2.24) is 19.1 Å². The number of ether oxygens (including phenoxy) is 1. The van der Waals surface area contributed by atoms with Gasteiger partial charge in [0.05, 0.1) is 5.52 Å². The molecule has 0 atom stereocenters. The van der Waals surface area contributed by atoms with Crippen LogP contribution < -0.4 is 5.69 Å². The molecule has 7 heteroatoms. The molecule has 3 aromatic heterocycles. The Morgan fingerprint density at radius 2 is 1.91 bits per heavy atom. The number of Topliss-reactive ketones (excluding diaryl/α,β-unsaturated/α-hetero) is 1. The van der Waals surface area contributed by atoms with Crippen molar-refractivity contribution in [2.24, 2.45) is 18.9 Å². The molecule has 1 saturated carbocycles. The summed E-state index contributed by atoms with van der Waals surface area (Å²) in [5.41, 5.74) is 3.04. The lowest BCUT2D eigenvalue weighted by Crippen LogP contribution is -2.29. The van der Waals surface area contributed by atoms with Crippen LogP contribution in [0, 0.1) is 23.7 Å². The third kappa shape index (κ3) is 4.81. The molecule has 166 valence electrons. The van der Waals surface area contributed by atoms with Gasteiger partial charge in [-0.3, -0.25) is 18.9 Å². The molecule has 1 fully saturated rings. The van der Waals surface area contributed by atoms with Crippen LogP contribution in [0.25, 0.3) is 11.2 Å². The SMILES string of the molecule is COCC#Cc1ccc2c(n1)n(CC1CCC(C(=O)Cc3ccncc3)CC1)c(=O)n2C. The normalized spacial score (nSPS) is 18.3. The zero-order valence-electron chi connectivity index (χ0n) is 18.6. The van der Waals surface area contributed by atoms with Crippen LogP contribution in [0.2, 0.25) is 0 Å². The first kappa shape index (κ1) is 22.0. The number of nitrogens with zero attached hydrogens (tertiary/aromatic N) is 4. The lowest BCUT2D eigenvalue weighted by atomic mass is 9.79. The summed E-state index contributed by atoms with van der Waals surface area (Å²) < 4.78 is 8.37. The molecule has 1 aliphatic rings. The molecule has 0 amide bonds. The van der Waals surface area contributed by atoms with Gasteiger partial charge in [0.1, 0.15) is 18.1 Å². The molecular weight excluding hydrogens is 404 g/mol. The van der Waals surface area contributed by atoms with Crippen molar-refractivity contribution in [2.45, 2.75) is 38.6 Å². The fourth-order valence-corrected chi connectivity index (χ4v) is 4.48. The van der Waals surface area contributed by atoms with Gasteiger partial charge in [0.2, 0.25) is 0 Å². The average Bonchev–Trinajstić information content (AvgIpc) is 3.05. The maximum absolute atomic E-state index is 12.9. The highest BCUT2D eigenvalue weighted by molar-refractivity contribution is 5.83. The molecule has 0 N–H and O–H groups in total. The number of pyridine rings is 2. The molecule has 3 aromatic rings. The van der Waals surface area contributed by atoms with Gasteiger partial charge in [-0.05, 0) is 67.4 Å². The van der Waals surface area contributed by atoms with E-state index in [4.69, 9.17) is 4.74 Å². The van der Waals surface area contributed by atoms with E-state index in [9.17, 15) is 9.59 Å². The molecule has 0 saturated heterocycles. The molecule has 0 radical (unpaired) electrons. The van der Waals surface area contributed by atoms with Crippen LogP contribution in [0.3, 0.4) is 0 Å². The lowest BCUT2D eigenvalue weighted by Gasteiger charge is -2.27. The maximum Gasteiger partial charge on any atom is 0.330 e. The Hall–Kier alpha value is -3.24. The van der Waals surface area contributed by atoms with Crippen molar-refractivity contribution in [1.29, 1.82) is 0 Å². The highest BCUT2D eigenvalue weighted by Gasteiger charge is 2.27. The van der Waals surface area contributed by atoms with E-state index >= 15 is 0 Å². The van der Waals surface area contributed by atoms with Crippen molar-refractivity contribution in [3.8, 4) is 11.8 Å². The summed E-state index contributed by atoms with van der Waals surface area (Å²) in [6.07, 6.45) is 7.53. The standard InChI is InChI=1S/C25H28N4O3/c1-28-22-10-9-21(4-3-15-32-2)27-24(22)29(25(28)31)17-19-5-7-20(8-6-19)23(30)16-18-11-13-26-14-12-18/h9-14,19-20H,5-8,15-17H2,1-2H3. The van der Waals surface area contributed by atoms with Crippen LogP contribution >= 0.6 is 0 Å². The highest BCUT2D eigenvalue weighted by atomic mass is 16.5. The number of imidazole rings is 1. The van der Waals surface area contributed by atoms with E-state index in [-0.39, 0.29) is 11.6 Å². The zero-order valence-corrected chi connectivity index (χ0v) is 18.6. The van der Waals surface area contributed by atoms with Gasteiger partial charge in [-0.1, -0.05) is 5.92 Å². The second kappa shape index (κ2) is 9.92. The van der Waals surface area contributed by atoms with E-state index < -0.39 is 0 Å². The molecule has 32 heavy (non-hydrogen) atoms. The first-order chi connectivity index (χ1) is 15.6. The van der Waals surface area contributed by atoms with Crippen molar-refractivity contribution in [2.75, 3.05) is 13.7 Å². The number of fused-ring (bicyclic) bond motifs is 1. The minimum atomic E-state index is -0.0645. The van der Waals surface area contributed by atoms with Gasteiger partial charge in [0.15, 0.2) is 5.65 Å². The Bertz CT molecular complexity index is 1210. The number of carbonyl (C=O) groups is 1. The van der Waals surface area contributed by atoms with Gasteiger partial charge < -0.3 is 4.74 Å². The molecule has 0 spiro atoms. The average molecular weight is 433 g/mol. The maximum atomic E-state index is 12.9. The minimum Gasteiger partial charge on any atom is -0.372 e. The van der Waals surface area contributed by atoms with Crippen molar-refractivity contribution in [3.05, 3.63) is 58.4 Å². The summed E-state index contributed by atoms with van der Waals surface area (Å²) in [6.45, 7) is 0.952. The topological polar surface area (TPSA) is 79.0 Å². The zero-order chi connectivity index (χ0) is 22.5. The Labute approximate surface area is 187 Å². The van der Waals surface area contributed by atoms with E-state index in [1.807, 2.05) is 24.3 Å². The summed E-state index contributed by atoms with van der Waals surface area (Å²) >= 11 is 0. The number of methoxy groups -OCH3 is 1. The number of hydrogen-bond donors (Lipinski definition) is 0. The number of hydrogen-bond acceptors (Lipinski definition) is 5. The van der Waals surface area contributed by atoms with Crippen molar-refractivity contribution < 1.29 is 9.53 Å². The first-order valence-corrected chi connectivity index (χ1v) is 11.0. The van der Waals surface area contributed by atoms with Gasteiger partial charge in [-0.2, -0.15) is 0 Å². The largest absolute Gasteiger partial charge is 0.372 e. The van der Waals surface area contributed by atoms with E-state index in [0.717, 1.165) is 36.8 Å². The molecule has 0 aliphatic heterocycles. The summed E-state index contributed by atoms with van der Waals surface area (Å²) in [7, 11) is 3.37. The van der Waals surface area contributed by atoms with Gasteiger partial charge in [-0.25, -0.2) is 9.78 Å². The van der Waals surface area contributed by atoms with Gasteiger partial charge >= 0.3 is 5.69 Å². The summed E-state index contributed by atoms with van der Waals surface area (Å²) in [5, 5.41) is 0. The summed E-state index contributed by atoms with van der Waals surface area (Å²) in [6, 6.07) is 7.52. The second-order valence-electron chi connectivity index (χ2n) is 8.44. The fourth-order valence-electron chi connectivity index (χ4n) is 4.48. The number of rotatable bonds is 6. The number of ketones is 1. The van der Waals surface area contributed by atoms with Crippen LogP contribution in [0.4, 0.5) is 0 Å². The van der Waals surface area contributed by atoms with E-state index in [1.165, 1.54) is 0 Å². The van der Waals surface area contributed by atoms with E-state index in [1.54, 1.807) is 35.7 Å². The third-order valence-corrected chi connectivity index (χ3v) is 6.29. The van der Waals surface area contributed by atoms with Crippen molar-refractivity contribution in [3.63, 3.8) is 0 Å². The summed E-state index contributed by atoms with van der Waals surface area (Å²) in [5.74, 6) is 6.65. The Balaban J connectivity index is 1.44.